The van der Waals surface area contributed by atoms with Crippen LogP contribution in [0.3, 0.4) is 0 Å². The highest BCUT2D eigenvalue weighted by Gasteiger charge is 2.09. The summed E-state index contributed by atoms with van der Waals surface area (Å²) in [6.45, 7) is 5.03. The Hall–Kier alpha value is -0.570. The van der Waals surface area contributed by atoms with Gasteiger partial charge in [-0.1, -0.05) is 13.8 Å². The van der Waals surface area contributed by atoms with E-state index in [1.807, 2.05) is 27.9 Å². The summed E-state index contributed by atoms with van der Waals surface area (Å²) in [5, 5.41) is 0. The van der Waals surface area contributed by atoms with Gasteiger partial charge < -0.3 is 9.64 Å². The van der Waals surface area contributed by atoms with Crippen LogP contribution in [0.2, 0.25) is 0 Å². The van der Waals surface area contributed by atoms with Crippen molar-refractivity contribution in [2.24, 2.45) is 0 Å². The lowest BCUT2D eigenvalue weighted by Crippen LogP contribution is -2.18. The minimum atomic E-state index is -0.0550. The smallest absolute Gasteiger partial charge is 0.306 e. The van der Waals surface area contributed by atoms with Crippen LogP contribution < -0.4 is 0 Å². The lowest BCUT2D eigenvalue weighted by molar-refractivity contribution is -0.149. The van der Waals surface area contributed by atoms with Gasteiger partial charge in [0.25, 0.3) is 0 Å². The number of rotatable bonds is 7. The fraction of sp³-hybridized carbons (Fsp3) is 0.909. The second kappa shape index (κ2) is 7.80. The van der Waals surface area contributed by atoms with E-state index in [2.05, 4.69) is 4.90 Å². The van der Waals surface area contributed by atoms with Crippen LogP contribution in [0.1, 0.15) is 39.5 Å². The summed E-state index contributed by atoms with van der Waals surface area (Å²) in [5.41, 5.74) is 0. The molecule has 0 unspecified atom stereocenters. The monoisotopic (exact) mass is 201 g/mol. The van der Waals surface area contributed by atoms with Gasteiger partial charge in [0.2, 0.25) is 0 Å². The van der Waals surface area contributed by atoms with Crippen molar-refractivity contribution in [3.8, 4) is 0 Å². The molecule has 0 saturated carbocycles. The lowest BCUT2D eigenvalue weighted by atomic mass is 10.2. The van der Waals surface area contributed by atoms with Crippen LogP contribution in [-0.4, -0.2) is 37.6 Å². The lowest BCUT2D eigenvalue weighted by Gasteiger charge is -2.14. The maximum atomic E-state index is 11.3. The topological polar surface area (TPSA) is 29.5 Å². The van der Waals surface area contributed by atoms with Gasteiger partial charge in [-0.05, 0) is 39.9 Å². The molecule has 14 heavy (non-hydrogen) atoms. The van der Waals surface area contributed by atoms with Crippen molar-refractivity contribution in [2.45, 2.75) is 45.6 Å². The van der Waals surface area contributed by atoms with E-state index in [-0.39, 0.29) is 12.1 Å². The Bertz CT molecular complexity index is 153. The Morgan fingerprint density at radius 1 is 1.29 bits per heavy atom. The minimum Gasteiger partial charge on any atom is -0.462 e. The third-order valence-corrected chi connectivity index (χ3v) is 2.20. The molecule has 0 radical (unpaired) electrons. The van der Waals surface area contributed by atoms with E-state index in [1.54, 1.807) is 0 Å². The molecule has 3 nitrogen and oxygen atoms in total. The standard InChI is InChI=1S/C11H23NO2/c1-5-10(6-2)14-11(13)8-7-9-12(3)4/h10H,5-9H2,1-4H3. The molecule has 0 aromatic carbocycles. The van der Waals surface area contributed by atoms with Crippen LogP contribution in [-0.2, 0) is 9.53 Å². The number of hydrogen-bond acceptors (Lipinski definition) is 3. The van der Waals surface area contributed by atoms with Crippen molar-refractivity contribution in [2.75, 3.05) is 20.6 Å². The van der Waals surface area contributed by atoms with Crippen LogP contribution in [0, 0.1) is 0 Å². The van der Waals surface area contributed by atoms with Crippen LogP contribution in [0.15, 0.2) is 0 Å². The average Bonchev–Trinajstić information content (AvgIpc) is 2.13. The van der Waals surface area contributed by atoms with Crippen molar-refractivity contribution in [1.29, 1.82) is 0 Å². The van der Waals surface area contributed by atoms with Gasteiger partial charge in [0, 0.05) is 6.42 Å². The van der Waals surface area contributed by atoms with Gasteiger partial charge >= 0.3 is 5.97 Å². The first kappa shape index (κ1) is 13.4. The number of carbonyl (C=O) groups excluding carboxylic acids is 1. The second-order valence-corrected chi connectivity index (χ2v) is 3.84. The molecule has 0 fully saturated rings. The zero-order valence-electron chi connectivity index (χ0n) is 9.88. The SMILES string of the molecule is CCC(CC)OC(=O)CCCN(C)C. The normalized spacial score (nSPS) is 11.0. The van der Waals surface area contributed by atoms with Gasteiger partial charge in [0.15, 0.2) is 0 Å². The molecule has 0 rings (SSSR count). The number of esters is 1. The molecule has 0 aromatic rings. The molecule has 0 aromatic heterocycles. The highest BCUT2D eigenvalue weighted by atomic mass is 16.5. The van der Waals surface area contributed by atoms with Crippen LogP contribution >= 0.6 is 0 Å². The average molecular weight is 201 g/mol. The predicted molar refractivity (Wildman–Crippen MR) is 58.3 cm³/mol. The Morgan fingerprint density at radius 3 is 2.29 bits per heavy atom. The summed E-state index contributed by atoms with van der Waals surface area (Å²) in [7, 11) is 4.01. The van der Waals surface area contributed by atoms with Crippen molar-refractivity contribution in [3.05, 3.63) is 0 Å². The summed E-state index contributed by atoms with van der Waals surface area (Å²) >= 11 is 0. The number of nitrogens with zero attached hydrogens (tertiary/aromatic N) is 1. The molecule has 0 saturated heterocycles. The first-order valence-electron chi connectivity index (χ1n) is 5.44. The van der Waals surface area contributed by atoms with Gasteiger partial charge in [0.1, 0.15) is 6.10 Å². The van der Waals surface area contributed by atoms with E-state index in [4.69, 9.17) is 4.74 Å². The summed E-state index contributed by atoms with van der Waals surface area (Å²) in [6.07, 6.45) is 3.36. The molecule has 0 aliphatic rings. The van der Waals surface area contributed by atoms with Crippen molar-refractivity contribution >= 4 is 5.97 Å². The van der Waals surface area contributed by atoms with Gasteiger partial charge in [-0.15, -0.1) is 0 Å². The first-order chi connectivity index (χ1) is 6.60. The largest absolute Gasteiger partial charge is 0.462 e. The molecule has 0 aliphatic carbocycles. The van der Waals surface area contributed by atoms with E-state index >= 15 is 0 Å². The van der Waals surface area contributed by atoms with Gasteiger partial charge in [0.05, 0.1) is 0 Å². The zero-order valence-corrected chi connectivity index (χ0v) is 9.88. The van der Waals surface area contributed by atoms with E-state index in [0.717, 1.165) is 25.8 Å². The van der Waals surface area contributed by atoms with E-state index in [1.165, 1.54) is 0 Å². The summed E-state index contributed by atoms with van der Waals surface area (Å²) in [4.78, 5) is 13.4. The fourth-order valence-electron chi connectivity index (χ4n) is 1.24. The fourth-order valence-corrected chi connectivity index (χ4v) is 1.24. The Balaban J connectivity index is 3.54. The maximum Gasteiger partial charge on any atom is 0.306 e. The molecule has 0 atom stereocenters. The highest BCUT2D eigenvalue weighted by Crippen LogP contribution is 2.05. The maximum absolute atomic E-state index is 11.3. The zero-order chi connectivity index (χ0) is 11.0. The first-order valence-corrected chi connectivity index (χ1v) is 5.44. The molecular weight excluding hydrogens is 178 g/mol. The van der Waals surface area contributed by atoms with Crippen molar-refractivity contribution in [3.63, 3.8) is 0 Å². The van der Waals surface area contributed by atoms with Crippen molar-refractivity contribution < 1.29 is 9.53 Å². The Kier molecular flexibility index (Phi) is 7.48. The second-order valence-electron chi connectivity index (χ2n) is 3.84. The van der Waals surface area contributed by atoms with Gasteiger partial charge in [-0.25, -0.2) is 0 Å². The van der Waals surface area contributed by atoms with Crippen LogP contribution in [0.25, 0.3) is 0 Å². The van der Waals surface area contributed by atoms with E-state index in [0.29, 0.717) is 6.42 Å². The molecular formula is C11H23NO2. The predicted octanol–water partition coefficient (Wildman–Crippen LogP) is 2.06. The molecule has 0 bridgehead atoms. The Morgan fingerprint density at radius 2 is 1.86 bits per heavy atom. The minimum absolute atomic E-state index is 0.0550. The quantitative estimate of drug-likeness (QED) is 0.590. The van der Waals surface area contributed by atoms with E-state index < -0.39 is 0 Å². The third kappa shape index (κ3) is 6.89. The highest BCUT2D eigenvalue weighted by molar-refractivity contribution is 5.69. The number of carbonyl (C=O) groups is 1. The molecule has 0 heterocycles. The molecule has 0 spiro atoms. The Labute approximate surface area is 87.4 Å². The molecule has 0 N–H and O–H groups in total. The number of ether oxygens (including phenoxy) is 1. The van der Waals surface area contributed by atoms with Crippen LogP contribution in [0.4, 0.5) is 0 Å². The summed E-state index contributed by atoms with van der Waals surface area (Å²) in [5.74, 6) is -0.0550. The number of hydrogen-bond donors (Lipinski definition) is 0. The molecule has 84 valence electrons. The molecule has 0 aliphatic heterocycles. The van der Waals surface area contributed by atoms with Crippen molar-refractivity contribution in [1.82, 2.24) is 4.90 Å². The molecule has 3 heteroatoms. The molecule has 0 amide bonds. The van der Waals surface area contributed by atoms with Gasteiger partial charge in [-0.2, -0.15) is 0 Å². The van der Waals surface area contributed by atoms with Gasteiger partial charge in [-0.3, -0.25) is 4.79 Å². The third-order valence-electron chi connectivity index (χ3n) is 2.20. The summed E-state index contributed by atoms with van der Waals surface area (Å²) < 4.78 is 5.27. The van der Waals surface area contributed by atoms with E-state index in [9.17, 15) is 4.79 Å². The van der Waals surface area contributed by atoms with Crippen LogP contribution in [0.5, 0.6) is 0 Å². The summed E-state index contributed by atoms with van der Waals surface area (Å²) in [6, 6.07) is 0.